The van der Waals surface area contributed by atoms with Crippen molar-refractivity contribution in [3.8, 4) is 23.0 Å². The molecule has 33 heavy (non-hydrogen) atoms. The number of nitrogens with zero attached hydrogens (tertiary/aromatic N) is 2. The number of para-hydroxylation sites is 1. The molecule has 3 heterocycles. The summed E-state index contributed by atoms with van der Waals surface area (Å²) in [6, 6.07) is 22.8. The summed E-state index contributed by atoms with van der Waals surface area (Å²) in [5.74, 6) is 1.63. The van der Waals surface area contributed by atoms with Crippen LogP contribution in [0.4, 0.5) is 0 Å². The van der Waals surface area contributed by atoms with Gasteiger partial charge >= 0.3 is 0 Å². The van der Waals surface area contributed by atoms with Gasteiger partial charge in [-0.2, -0.15) is 0 Å². The largest absolute Gasteiger partial charge is 0.454 e. The average molecular weight is 455 g/mol. The van der Waals surface area contributed by atoms with Crippen LogP contribution in [0, 0.1) is 0 Å². The van der Waals surface area contributed by atoms with Gasteiger partial charge in [-0.3, -0.25) is 4.79 Å². The SMILES string of the molecule is O=C(c1c[nH]c2ccccc12)[C@H](Sc1nnc(-c2ccc3c(c2)OCO3)o1)c1ccccc1. The molecule has 0 spiro atoms. The number of ketones is 1. The van der Waals surface area contributed by atoms with Gasteiger partial charge in [-0.05, 0) is 41.6 Å². The Morgan fingerprint density at radius 2 is 1.76 bits per heavy atom. The molecule has 1 N–H and O–H groups in total. The van der Waals surface area contributed by atoms with E-state index in [4.69, 9.17) is 13.9 Å². The van der Waals surface area contributed by atoms with Gasteiger partial charge in [-0.1, -0.05) is 48.5 Å². The minimum absolute atomic E-state index is 0.0357. The molecule has 162 valence electrons. The highest BCUT2D eigenvalue weighted by molar-refractivity contribution is 8.00. The number of aromatic amines is 1. The average Bonchev–Trinajstić information content (AvgIpc) is 3.61. The van der Waals surface area contributed by atoms with Gasteiger partial charge in [0.2, 0.25) is 12.7 Å². The van der Waals surface area contributed by atoms with Crippen LogP contribution in [-0.2, 0) is 0 Å². The first-order valence-electron chi connectivity index (χ1n) is 10.3. The highest BCUT2D eigenvalue weighted by atomic mass is 32.2. The molecule has 5 aromatic rings. The minimum atomic E-state index is -0.546. The molecule has 6 rings (SSSR count). The first kappa shape index (κ1) is 19.6. The Hall–Kier alpha value is -4.04. The molecule has 0 radical (unpaired) electrons. The standard InChI is InChI=1S/C25H17N3O4S/c29-22(18-13-26-19-9-5-4-8-17(18)19)23(15-6-2-1-3-7-15)33-25-28-27-24(32-25)16-10-11-20-21(12-16)31-14-30-20/h1-13,23,26H,14H2/t23-/m1/s1. The lowest BCUT2D eigenvalue weighted by atomic mass is 10.0. The number of rotatable bonds is 6. The molecule has 0 unspecified atom stereocenters. The Balaban J connectivity index is 1.33. The summed E-state index contributed by atoms with van der Waals surface area (Å²) >= 11 is 1.24. The molecule has 1 aliphatic rings. The number of aromatic nitrogens is 3. The van der Waals surface area contributed by atoms with Crippen LogP contribution in [0.1, 0.15) is 21.2 Å². The molecular formula is C25H17N3O4S. The summed E-state index contributed by atoms with van der Waals surface area (Å²) in [5, 5.41) is 9.02. The molecule has 8 heteroatoms. The van der Waals surface area contributed by atoms with E-state index in [1.807, 2.05) is 66.7 Å². The third-order valence-corrected chi connectivity index (χ3v) is 6.53. The predicted octanol–water partition coefficient (Wildman–Crippen LogP) is 5.66. The lowest BCUT2D eigenvalue weighted by molar-refractivity contribution is 0.0990. The van der Waals surface area contributed by atoms with Crippen molar-refractivity contribution >= 4 is 28.4 Å². The van der Waals surface area contributed by atoms with E-state index < -0.39 is 5.25 Å². The van der Waals surface area contributed by atoms with Crippen LogP contribution in [0.2, 0.25) is 0 Å². The van der Waals surface area contributed by atoms with Gasteiger partial charge in [0.1, 0.15) is 5.25 Å². The van der Waals surface area contributed by atoms with E-state index >= 15 is 0 Å². The van der Waals surface area contributed by atoms with Crippen LogP contribution < -0.4 is 9.47 Å². The number of carbonyl (C=O) groups is 1. The van der Waals surface area contributed by atoms with Crippen LogP contribution in [-0.4, -0.2) is 27.8 Å². The molecule has 3 aromatic carbocycles. The third kappa shape index (κ3) is 3.64. The molecule has 2 aromatic heterocycles. The van der Waals surface area contributed by atoms with Gasteiger partial charge in [0.25, 0.3) is 5.22 Å². The number of fused-ring (bicyclic) bond motifs is 2. The fourth-order valence-electron chi connectivity index (χ4n) is 3.82. The molecule has 0 saturated heterocycles. The third-order valence-electron chi connectivity index (χ3n) is 5.44. The van der Waals surface area contributed by atoms with Crippen molar-refractivity contribution in [3.63, 3.8) is 0 Å². The number of H-pyrrole nitrogens is 1. The van der Waals surface area contributed by atoms with Crippen LogP contribution in [0.5, 0.6) is 11.5 Å². The molecule has 0 saturated carbocycles. The van der Waals surface area contributed by atoms with Crippen molar-refractivity contribution in [1.29, 1.82) is 0 Å². The van der Waals surface area contributed by atoms with E-state index in [-0.39, 0.29) is 12.6 Å². The highest BCUT2D eigenvalue weighted by Crippen LogP contribution is 2.40. The summed E-state index contributed by atoms with van der Waals surface area (Å²) in [7, 11) is 0. The fraction of sp³-hybridized carbons (Fsp3) is 0.0800. The van der Waals surface area contributed by atoms with E-state index in [0.29, 0.717) is 28.2 Å². The second kappa shape index (κ2) is 8.14. The highest BCUT2D eigenvalue weighted by Gasteiger charge is 2.28. The van der Waals surface area contributed by atoms with E-state index in [1.54, 1.807) is 12.3 Å². The first-order chi connectivity index (χ1) is 16.3. The smallest absolute Gasteiger partial charge is 0.277 e. The number of Topliss-reactive ketones (excluding diaryl/α,β-unsaturated/α-hetero) is 1. The second-order valence-electron chi connectivity index (χ2n) is 7.46. The van der Waals surface area contributed by atoms with E-state index in [1.165, 1.54) is 11.8 Å². The number of nitrogens with one attached hydrogen (secondary N) is 1. The number of thioether (sulfide) groups is 1. The zero-order valence-electron chi connectivity index (χ0n) is 17.2. The lowest BCUT2D eigenvalue weighted by Gasteiger charge is -2.13. The maximum Gasteiger partial charge on any atom is 0.277 e. The number of hydrogen-bond donors (Lipinski definition) is 1. The maximum atomic E-state index is 13.7. The molecule has 0 bridgehead atoms. The number of hydrogen-bond acceptors (Lipinski definition) is 7. The Labute approximate surface area is 192 Å². The van der Waals surface area contributed by atoms with E-state index in [2.05, 4.69) is 15.2 Å². The zero-order chi connectivity index (χ0) is 22.2. The van der Waals surface area contributed by atoms with Crippen LogP contribution in [0.25, 0.3) is 22.4 Å². The Morgan fingerprint density at radius 3 is 2.67 bits per heavy atom. The van der Waals surface area contributed by atoms with Crippen molar-refractivity contribution < 1.29 is 18.7 Å². The Bertz CT molecular complexity index is 1460. The van der Waals surface area contributed by atoms with Gasteiger partial charge < -0.3 is 18.9 Å². The van der Waals surface area contributed by atoms with E-state index in [0.717, 1.165) is 22.0 Å². The van der Waals surface area contributed by atoms with Crippen molar-refractivity contribution in [1.82, 2.24) is 15.2 Å². The van der Waals surface area contributed by atoms with Crippen molar-refractivity contribution in [3.05, 3.63) is 90.1 Å². The Morgan fingerprint density at radius 1 is 0.939 bits per heavy atom. The van der Waals surface area contributed by atoms with Crippen molar-refractivity contribution in [2.24, 2.45) is 0 Å². The molecule has 0 fully saturated rings. The van der Waals surface area contributed by atoms with Crippen LogP contribution in [0.15, 0.2) is 88.6 Å². The molecule has 0 aliphatic carbocycles. The quantitative estimate of drug-likeness (QED) is 0.261. The van der Waals surface area contributed by atoms with Gasteiger partial charge in [-0.15, -0.1) is 10.2 Å². The molecule has 0 amide bonds. The molecule has 1 atom stereocenters. The van der Waals surface area contributed by atoms with Crippen molar-refractivity contribution in [2.75, 3.05) is 6.79 Å². The molecule has 1 aliphatic heterocycles. The maximum absolute atomic E-state index is 13.7. The van der Waals surface area contributed by atoms with Gasteiger partial charge in [0.05, 0.1) is 0 Å². The molecule has 7 nitrogen and oxygen atoms in total. The molecular weight excluding hydrogens is 438 g/mol. The lowest BCUT2D eigenvalue weighted by Crippen LogP contribution is -2.09. The zero-order valence-corrected chi connectivity index (χ0v) is 18.0. The summed E-state index contributed by atoms with van der Waals surface area (Å²) in [4.78, 5) is 16.9. The van der Waals surface area contributed by atoms with Gasteiger partial charge in [0.15, 0.2) is 17.3 Å². The normalized spacial score (nSPS) is 13.3. The summed E-state index contributed by atoms with van der Waals surface area (Å²) < 4.78 is 16.7. The monoisotopic (exact) mass is 455 g/mol. The first-order valence-corrected chi connectivity index (χ1v) is 11.2. The van der Waals surface area contributed by atoms with Crippen LogP contribution >= 0.6 is 11.8 Å². The van der Waals surface area contributed by atoms with Gasteiger partial charge in [0, 0.05) is 28.2 Å². The summed E-state index contributed by atoms with van der Waals surface area (Å²) in [5.41, 5.74) is 3.13. The van der Waals surface area contributed by atoms with E-state index in [9.17, 15) is 4.79 Å². The van der Waals surface area contributed by atoms with Crippen molar-refractivity contribution in [2.45, 2.75) is 10.5 Å². The number of ether oxygens (including phenoxy) is 2. The predicted molar refractivity (Wildman–Crippen MR) is 124 cm³/mol. The number of benzene rings is 3. The summed E-state index contributed by atoms with van der Waals surface area (Å²) in [6.07, 6.45) is 1.76. The van der Waals surface area contributed by atoms with Crippen LogP contribution in [0.3, 0.4) is 0 Å². The number of carbonyl (C=O) groups excluding carboxylic acids is 1. The Kier molecular flexibility index (Phi) is 4.84. The minimum Gasteiger partial charge on any atom is -0.454 e. The second-order valence-corrected chi connectivity index (χ2v) is 8.52. The topological polar surface area (TPSA) is 90.2 Å². The van der Waals surface area contributed by atoms with Gasteiger partial charge in [-0.25, -0.2) is 0 Å². The summed E-state index contributed by atoms with van der Waals surface area (Å²) in [6.45, 7) is 0.193. The fourth-order valence-corrected chi connectivity index (χ4v) is 4.77.